The third-order valence-electron chi connectivity index (χ3n) is 3.05. The molecule has 21 heavy (non-hydrogen) atoms. The van der Waals surface area contributed by atoms with Crippen LogP contribution in [-0.2, 0) is 0 Å². The van der Waals surface area contributed by atoms with Crippen LogP contribution >= 0.6 is 0 Å². The number of pyridine rings is 2. The number of carbonyl (C=O) groups is 1. The van der Waals surface area contributed by atoms with E-state index < -0.39 is 0 Å². The smallest absolute Gasteiger partial charge is 0.255 e. The molecule has 0 bridgehead atoms. The molecule has 0 aromatic carbocycles. The van der Waals surface area contributed by atoms with Crippen LogP contribution in [0.5, 0.6) is 0 Å². The molecule has 0 unspecified atom stereocenters. The highest BCUT2D eigenvalue weighted by molar-refractivity contribution is 6.04. The Hall–Kier alpha value is -2.43. The summed E-state index contributed by atoms with van der Waals surface area (Å²) < 4.78 is 0. The minimum absolute atomic E-state index is 0.161. The lowest BCUT2D eigenvalue weighted by atomic mass is 10.2. The fourth-order valence-electron chi connectivity index (χ4n) is 1.93. The SMILES string of the molecule is CCCNc1cc(C(=O)Nc2ccc(C)nc2C)ccn1. The van der Waals surface area contributed by atoms with E-state index in [2.05, 4.69) is 27.5 Å². The number of aromatic nitrogens is 2. The van der Waals surface area contributed by atoms with E-state index in [9.17, 15) is 4.79 Å². The second-order valence-electron chi connectivity index (χ2n) is 4.90. The standard InChI is InChI=1S/C16H20N4O/c1-4-8-17-15-10-13(7-9-18-15)16(21)20-14-6-5-11(2)19-12(14)3/h5-7,9-10H,4,8H2,1-3H3,(H,17,18)(H,20,21). The molecule has 2 aromatic heterocycles. The van der Waals surface area contributed by atoms with Crippen LogP contribution in [0.25, 0.3) is 0 Å². The minimum atomic E-state index is -0.161. The Kier molecular flexibility index (Phi) is 4.87. The zero-order chi connectivity index (χ0) is 15.2. The van der Waals surface area contributed by atoms with Gasteiger partial charge < -0.3 is 10.6 Å². The highest BCUT2D eigenvalue weighted by Gasteiger charge is 2.09. The fraction of sp³-hybridized carbons (Fsp3) is 0.312. The van der Waals surface area contributed by atoms with Crippen LogP contribution in [-0.4, -0.2) is 22.4 Å². The molecule has 5 heteroatoms. The Morgan fingerprint density at radius 2 is 2.05 bits per heavy atom. The molecule has 5 nitrogen and oxygen atoms in total. The van der Waals surface area contributed by atoms with E-state index >= 15 is 0 Å². The number of anilines is 2. The summed E-state index contributed by atoms with van der Waals surface area (Å²) in [6.45, 7) is 6.71. The van der Waals surface area contributed by atoms with Crippen molar-refractivity contribution in [2.75, 3.05) is 17.2 Å². The monoisotopic (exact) mass is 284 g/mol. The summed E-state index contributed by atoms with van der Waals surface area (Å²) >= 11 is 0. The summed E-state index contributed by atoms with van der Waals surface area (Å²) in [6, 6.07) is 7.20. The molecular weight excluding hydrogens is 264 g/mol. The minimum Gasteiger partial charge on any atom is -0.370 e. The molecule has 2 heterocycles. The van der Waals surface area contributed by atoms with Crippen LogP contribution in [0, 0.1) is 13.8 Å². The molecular formula is C16H20N4O. The lowest BCUT2D eigenvalue weighted by molar-refractivity contribution is 0.102. The van der Waals surface area contributed by atoms with Crippen molar-refractivity contribution in [1.82, 2.24) is 9.97 Å². The number of rotatable bonds is 5. The normalized spacial score (nSPS) is 10.2. The van der Waals surface area contributed by atoms with Crippen molar-refractivity contribution in [3.63, 3.8) is 0 Å². The van der Waals surface area contributed by atoms with Crippen LogP contribution in [0.1, 0.15) is 35.1 Å². The number of hydrogen-bond acceptors (Lipinski definition) is 4. The number of amides is 1. The van der Waals surface area contributed by atoms with Crippen molar-refractivity contribution >= 4 is 17.4 Å². The van der Waals surface area contributed by atoms with E-state index in [-0.39, 0.29) is 5.91 Å². The molecule has 0 spiro atoms. The van der Waals surface area contributed by atoms with Gasteiger partial charge in [0.05, 0.1) is 11.4 Å². The van der Waals surface area contributed by atoms with Gasteiger partial charge in [-0.05, 0) is 44.5 Å². The molecule has 0 atom stereocenters. The average molecular weight is 284 g/mol. The maximum absolute atomic E-state index is 12.3. The molecule has 2 N–H and O–H groups in total. The van der Waals surface area contributed by atoms with Gasteiger partial charge in [0.1, 0.15) is 5.82 Å². The first-order chi connectivity index (χ1) is 10.1. The number of nitrogens with zero attached hydrogens (tertiary/aromatic N) is 2. The Labute approximate surface area is 124 Å². The Bertz CT molecular complexity index is 640. The highest BCUT2D eigenvalue weighted by atomic mass is 16.1. The van der Waals surface area contributed by atoms with E-state index in [0.717, 1.165) is 30.0 Å². The van der Waals surface area contributed by atoms with E-state index in [1.54, 1.807) is 18.3 Å². The molecule has 0 aliphatic rings. The summed E-state index contributed by atoms with van der Waals surface area (Å²) in [7, 11) is 0. The Morgan fingerprint density at radius 1 is 1.24 bits per heavy atom. The molecule has 2 rings (SSSR count). The van der Waals surface area contributed by atoms with Gasteiger partial charge in [-0.15, -0.1) is 0 Å². The van der Waals surface area contributed by atoms with Gasteiger partial charge in [0.2, 0.25) is 0 Å². The number of carbonyl (C=O) groups excluding carboxylic acids is 1. The summed E-state index contributed by atoms with van der Waals surface area (Å²) in [5, 5.41) is 6.05. The topological polar surface area (TPSA) is 66.9 Å². The van der Waals surface area contributed by atoms with Gasteiger partial charge in [-0.1, -0.05) is 6.92 Å². The van der Waals surface area contributed by atoms with Crippen LogP contribution in [0.4, 0.5) is 11.5 Å². The quantitative estimate of drug-likeness (QED) is 0.885. The highest BCUT2D eigenvalue weighted by Crippen LogP contribution is 2.15. The largest absolute Gasteiger partial charge is 0.370 e. The van der Waals surface area contributed by atoms with Gasteiger partial charge in [-0.2, -0.15) is 0 Å². The Morgan fingerprint density at radius 3 is 2.76 bits per heavy atom. The van der Waals surface area contributed by atoms with Crippen LogP contribution < -0.4 is 10.6 Å². The lowest BCUT2D eigenvalue weighted by Crippen LogP contribution is -2.14. The fourth-order valence-corrected chi connectivity index (χ4v) is 1.93. The second-order valence-corrected chi connectivity index (χ2v) is 4.90. The zero-order valence-corrected chi connectivity index (χ0v) is 12.6. The molecule has 0 radical (unpaired) electrons. The molecule has 0 aliphatic heterocycles. The predicted octanol–water partition coefficient (Wildman–Crippen LogP) is 3.17. The molecule has 2 aromatic rings. The van der Waals surface area contributed by atoms with Crippen molar-refractivity contribution in [2.24, 2.45) is 0 Å². The third-order valence-corrected chi connectivity index (χ3v) is 3.05. The number of hydrogen-bond donors (Lipinski definition) is 2. The van der Waals surface area contributed by atoms with Crippen molar-refractivity contribution in [3.05, 3.63) is 47.4 Å². The number of aryl methyl sites for hydroxylation is 2. The van der Waals surface area contributed by atoms with Crippen molar-refractivity contribution < 1.29 is 4.79 Å². The molecule has 1 amide bonds. The van der Waals surface area contributed by atoms with Crippen molar-refractivity contribution in [2.45, 2.75) is 27.2 Å². The van der Waals surface area contributed by atoms with Crippen molar-refractivity contribution in [3.8, 4) is 0 Å². The van der Waals surface area contributed by atoms with Gasteiger partial charge in [0.25, 0.3) is 5.91 Å². The molecule has 0 fully saturated rings. The second kappa shape index (κ2) is 6.83. The van der Waals surface area contributed by atoms with E-state index in [1.165, 1.54) is 0 Å². The van der Waals surface area contributed by atoms with E-state index in [4.69, 9.17) is 0 Å². The van der Waals surface area contributed by atoms with Gasteiger partial charge in [0.15, 0.2) is 0 Å². The summed E-state index contributed by atoms with van der Waals surface area (Å²) in [6.07, 6.45) is 2.64. The first-order valence-corrected chi connectivity index (χ1v) is 7.05. The average Bonchev–Trinajstić information content (AvgIpc) is 2.48. The Balaban J connectivity index is 2.12. The van der Waals surface area contributed by atoms with Gasteiger partial charge in [0, 0.05) is 24.0 Å². The summed E-state index contributed by atoms with van der Waals surface area (Å²) in [4.78, 5) is 20.8. The van der Waals surface area contributed by atoms with E-state index in [0.29, 0.717) is 11.4 Å². The first kappa shape index (κ1) is 15.0. The van der Waals surface area contributed by atoms with Crippen LogP contribution in [0.15, 0.2) is 30.5 Å². The van der Waals surface area contributed by atoms with Crippen molar-refractivity contribution in [1.29, 1.82) is 0 Å². The zero-order valence-electron chi connectivity index (χ0n) is 12.6. The molecule has 0 saturated heterocycles. The summed E-state index contributed by atoms with van der Waals surface area (Å²) in [5.74, 6) is 0.550. The van der Waals surface area contributed by atoms with Gasteiger partial charge in [-0.3, -0.25) is 9.78 Å². The third kappa shape index (κ3) is 4.02. The summed E-state index contributed by atoms with van der Waals surface area (Å²) in [5.41, 5.74) is 3.04. The van der Waals surface area contributed by atoms with Gasteiger partial charge >= 0.3 is 0 Å². The number of nitrogens with one attached hydrogen (secondary N) is 2. The first-order valence-electron chi connectivity index (χ1n) is 7.05. The molecule has 0 aliphatic carbocycles. The maximum Gasteiger partial charge on any atom is 0.255 e. The lowest BCUT2D eigenvalue weighted by Gasteiger charge is -2.09. The van der Waals surface area contributed by atoms with E-state index in [1.807, 2.05) is 26.0 Å². The predicted molar refractivity (Wildman–Crippen MR) is 84.7 cm³/mol. The van der Waals surface area contributed by atoms with Crippen LogP contribution in [0.2, 0.25) is 0 Å². The maximum atomic E-state index is 12.3. The van der Waals surface area contributed by atoms with Crippen LogP contribution in [0.3, 0.4) is 0 Å². The molecule has 110 valence electrons. The van der Waals surface area contributed by atoms with Gasteiger partial charge in [-0.25, -0.2) is 4.98 Å². The molecule has 0 saturated carbocycles.